The summed E-state index contributed by atoms with van der Waals surface area (Å²) in [5, 5.41) is 0. The summed E-state index contributed by atoms with van der Waals surface area (Å²) < 4.78 is 11.8. The quantitative estimate of drug-likeness (QED) is 0.712. The molecule has 0 aliphatic rings. The molecule has 57 valence electrons. The molecule has 0 N–H and O–H groups in total. The van der Waals surface area contributed by atoms with Crippen LogP contribution in [0.5, 0.6) is 0 Å². The fourth-order valence-electron chi connectivity index (χ4n) is 0.289. The standard InChI is InChI=1S/C7H8.Ir.OS/c1-3-5-7-6-4-2;;1-2/h1,3-7H,2H2;;/b5-3-,7-6-;;. The predicted octanol–water partition coefficient (Wildman–Crippen LogP) is 1.30. The third kappa shape index (κ3) is 7.76. The Bertz CT molecular complexity index is 230. The molecule has 0 amide bonds. The van der Waals surface area contributed by atoms with Gasteiger partial charge in [0.05, 0.1) is 0 Å². The van der Waals surface area contributed by atoms with Crippen LogP contribution < -0.4 is 0 Å². The maximum atomic E-state index is 9.89. The molecule has 0 radical (unpaired) electrons. The number of hydrogen-bond donors (Lipinski definition) is 0. The molecular weight excluding hydrogens is 324 g/mol. The van der Waals surface area contributed by atoms with Gasteiger partial charge in [0.2, 0.25) is 0 Å². The molecule has 0 bridgehead atoms. The summed E-state index contributed by atoms with van der Waals surface area (Å²) in [7, 11) is 0.689. The molecule has 10 heavy (non-hydrogen) atoms. The zero-order valence-corrected chi connectivity index (χ0v) is 8.53. The summed E-state index contributed by atoms with van der Waals surface area (Å²) in [5.74, 6) is 0. The topological polar surface area (TPSA) is 17.1 Å². The van der Waals surface area contributed by atoms with Crippen molar-refractivity contribution in [3.05, 3.63) is 37.0 Å². The van der Waals surface area contributed by atoms with Gasteiger partial charge in [0, 0.05) is 0 Å². The third-order valence-electron chi connectivity index (χ3n) is 0.611. The van der Waals surface area contributed by atoms with Crippen molar-refractivity contribution in [3.63, 3.8) is 0 Å². The molecule has 0 saturated heterocycles. The van der Waals surface area contributed by atoms with Crippen LogP contribution >= 0.6 is 0 Å². The predicted molar refractivity (Wildman–Crippen MR) is 42.7 cm³/mol. The Hall–Kier alpha value is -0.241. The van der Waals surface area contributed by atoms with Gasteiger partial charge >= 0.3 is 70.2 Å². The molecule has 0 aromatic heterocycles. The zero-order chi connectivity index (χ0) is 7.66. The third-order valence-corrected chi connectivity index (χ3v) is 2.90. The van der Waals surface area contributed by atoms with Crippen LogP contribution in [0.25, 0.3) is 0 Å². The van der Waals surface area contributed by atoms with Gasteiger partial charge in [0.1, 0.15) is 0 Å². The van der Waals surface area contributed by atoms with E-state index in [1.54, 1.807) is 6.08 Å². The molecule has 0 aromatic carbocycles. The van der Waals surface area contributed by atoms with E-state index >= 15 is 0 Å². The van der Waals surface area contributed by atoms with E-state index in [-0.39, 0.29) is 0 Å². The Labute approximate surface area is 70.2 Å². The summed E-state index contributed by atoms with van der Waals surface area (Å²) in [4.78, 5) is 0. The monoisotopic (exact) mass is 333 g/mol. The van der Waals surface area contributed by atoms with E-state index in [9.17, 15) is 4.21 Å². The first-order valence-electron chi connectivity index (χ1n) is 2.57. The van der Waals surface area contributed by atoms with Gasteiger partial charge in [-0.2, -0.15) is 0 Å². The van der Waals surface area contributed by atoms with Crippen LogP contribution in [-0.4, -0.2) is 8.74 Å². The molecule has 0 saturated carbocycles. The normalized spacial score (nSPS) is 10.4. The van der Waals surface area contributed by atoms with Crippen LogP contribution in [0.2, 0.25) is 0 Å². The first-order valence-corrected chi connectivity index (χ1v) is 7.49. The number of hydrogen-bond acceptors (Lipinski definition) is 1. The van der Waals surface area contributed by atoms with Crippen LogP contribution in [0.15, 0.2) is 37.0 Å². The molecule has 1 nitrogen and oxygen atoms in total. The van der Waals surface area contributed by atoms with Crippen molar-refractivity contribution in [2.45, 2.75) is 0 Å². The van der Waals surface area contributed by atoms with Crippen molar-refractivity contribution in [3.8, 4) is 0 Å². The Morgan fingerprint density at radius 3 is 2.50 bits per heavy atom. The van der Waals surface area contributed by atoms with Crippen molar-refractivity contribution in [2.24, 2.45) is 0 Å². The average Bonchev–Trinajstić information content (AvgIpc) is 1.97. The van der Waals surface area contributed by atoms with Gasteiger partial charge < -0.3 is 0 Å². The SMILES string of the molecule is C=C/C=C\C=C/[CH]=[Ir]=[S]=O. The minimum atomic E-state index is -0.418. The molecule has 0 aliphatic heterocycles. The molecule has 3 heteroatoms. The van der Waals surface area contributed by atoms with E-state index in [2.05, 4.69) is 6.58 Å². The molecule has 0 aromatic rings. The van der Waals surface area contributed by atoms with Crippen LogP contribution in [0.1, 0.15) is 0 Å². The van der Waals surface area contributed by atoms with Gasteiger partial charge in [-0.05, 0) is 0 Å². The zero-order valence-electron chi connectivity index (χ0n) is 5.32. The van der Waals surface area contributed by atoms with Gasteiger partial charge in [-0.3, -0.25) is 0 Å². The van der Waals surface area contributed by atoms with Crippen LogP contribution in [0, 0.1) is 0 Å². The average molecular weight is 332 g/mol. The fourth-order valence-corrected chi connectivity index (χ4v) is 1.61. The molecule has 0 spiro atoms. The Morgan fingerprint density at radius 1 is 1.20 bits per heavy atom. The van der Waals surface area contributed by atoms with Crippen molar-refractivity contribution >= 4 is 13.6 Å². The molecule has 0 atom stereocenters. The molecule has 0 aliphatic carbocycles. The molecular formula is C7H8IrOS. The van der Waals surface area contributed by atoms with E-state index < -0.39 is 15.5 Å². The maximum absolute atomic E-state index is 9.89. The number of allylic oxidation sites excluding steroid dienone is 5. The van der Waals surface area contributed by atoms with E-state index in [1.165, 1.54) is 0 Å². The summed E-state index contributed by atoms with van der Waals surface area (Å²) in [6, 6.07) is 0. The summed E-state index contributed by atoms with van der Waals surface area (Å²) in [6.07, 6.45) is 9.22. The van der Waals surface area contributed by atoms with Gasteiger partial charge in [-0.25, -0.2) is 0 Å². The second-order valence-electron chi connectivity index (χ2n) is 1.25. The van der Waals surface area contributed by atoms with Crippen LogP contribution in [0.3, 0.4) is 0 Å². The summed E-state index contributed by atoms with van der Waals surface area (Å²) >= 11 is -0.418. The second-order valence-corrected chi connectivity index (χ2v) is 5.21. The summed E-state index contributed by atoms with van der Waals surface area (Å²) in [6.45, 7) is 3.52. The van der Waals surface area contributed by atoms with Gasteiger partial charge in [-0.1, -0.05) is 0 Å². The molecule has 0 unspecified atom stereocenters. The van der Waals surface area contributed by atoms with Gasteiger partial charge in [0.15, 0.2) is 0 Å². The van der Waals surface area contributed by atoms with Crippen molar-refractivity contribution in [1.29, 1.82) is 0 Å². The number of rotatable bonds is 3. The fraction of sp³-hybridized carbons (Fsp3) is 0. The van der Waals surface area contributed by atoms with Crippen LogP contribution in [-0.2, 0) is 24.5 Å². The molecule has 0 heterocycles. The molecule has 0 fully saturated rings. The van der Waals surface area contributed by atoms with E-state index in [0.29, 0.717) is 9.04 Å². The minimum absolute atomic E-state index is 0.418. The van der Waals surface area contributed by atoms with Gasteiger partial charge in [0.25, 0.3) is 0 Å². The first-order chi connectivity index (χ1) is 4.91. The van der Waals surface area contributed by atoms with E-state index in [0.717, 1.165) is 0 Å². The van der Waals surface area contributed by atoms with Crippen molar-refractivity contribution < 1.29 is 19.7 Å². The summed E-state index contributed by atoms with van der Waals surface area (Å²) in [5.41, 5.74) is 0. The van der Waals surface area contributed by atoms with Crippen LogP contribution in [0.4, 0.5) is 0 Å². The Kier molecular flexibility index (Phi) is 8.55. The van der Waals surface area contributed by atoms with Crippen molar-refractivity contribution in [2.75, 3.05) is 0 Å². The molecule has 0 rings (SSSR count). The Balaban J connectivity index is 3.78. The van der Waals surface area contributed by atoms with E-state index in [1.807, 2.05) is 28.8 Å². The Morgan fingerprint density at radius 2 is 1.90 bits per heavy atom. The second kappa shape index (κ2) is 8.76. The van der Waals surface area contributed by atoms with Gasteiger partial charge in [-0.15, -0.1) is 0 Å². The first kappa shape index (κ1) is 9.76. The van der Waals surface area contributed by atoms with E-state index in [4.69, 9.17) is 0 Å². The van der Waals surface area contributed by atoms with Crippen molar-refractivity contribution in [1.82, 2.24) is 0 Å².